The van der Waals surface area contributed by atoms with Gasteiger partial charge < -0.3 is 4.74 Å². The molecular weight excluding hydrogens is 260 g/mol. The molecule has 0 radical (unpaired) electrons. The van der Waals surface area contributed by atoms with Gasteiger partial charge in [-0.2, -0.15) is 0 Å². The summed E-state index contributed by atoms with van der Waals surface area (Å²) in [6.45, 7) is 4.15. The number of hydrogen-bond donors (Lipinski definition) is 0. The Bertz CT molecular complexity index is 341. The molecule has 0 saturated heterocycles. The van der Waals surface area contributed by atoms with E-state index in [1.54, 1.807) is 0 Å². The number of unbranched alkanes of at least 4 members (excludes halogenated alkanes) is 10. The minimum Gasteiger partial charge on any atom is -0.455 e. The molecule has 0 saturated carbocycles. The van der Waals surface area contributed by atoms with E-state index < -0.39 is 0 Å². The molecule has 2 heteroatoms. The van der Waals surface area contributed by atoms with Gasteiger partial charge in [0, 0.05) is 0 Å². The summed E-state index contributed by atoms with van der Waals surface area (Å²) in [6, 6.07) is 0. The fourth-order valence-electron chi connectivity index (χ4n) is 2.68. The normalized spacial score (nSPS) is 18.3. The maximum atomic E-state index is 11.4. The number of cyclic esters (lactones) is 1. The first-order valence-corrected chi connectivity index (χ1v) is 8.83. The Morgan fingerprint density at radius 3 is 2.10 bits per heavy atom. The zero-order valence-electron chi connectivity index (χ0n) is 13.9. The summed E-state index contributed by atoms with van der Waals surface area (Å²) in [5.41, 5.74) is 0.717. The third kappa shape index (κ3) is 8.75. The molecular formula is C19H32O2. The summed E-state index contributed by atoms with van der Waals surface area (Å²) in [6.07, 6.45) is 20.5. The first kappa shape index (κ1) is 18.0. The van der Waals surface area contributed by atoms with Crippen molar-refractivity contribution in [2.45, 2.75) is 90.6 Å². The zero-order chi connectivity index (χ0) is 15.3. The molecule has 0 aromatic rings. The number of esters is 1. The molecule has 0 aromatic heterocycles. The van der Waals surface area contributed by atoms with E-state index in [-0.39, 0.29) is 12.1 Å². The molecule has 2 nitrogen and oxygen atoms in total. The standard InChI is InChI=1S/C19H32O2/c1-3-4-5-6-7-8-9-10-11-12-13-14-15-18-16-17(2)21-19(18)20/h14-17H,3-13H2,1-2H3/b15-14+. The van der Waals surface area contributed by atoms with E-state index in [1.165, 1.54) is 64.2 Å². The Hall–Kier alpha value is -1.05. The summed E-state index contributed by atoms with van der Waals surface area (Å²) < 4.78 is 5.05. The fraction of sp³-hybridized carbons (Fsp3) is 0.737. The van der Waals surface area contributed by atoms with Crippen LogP contribution in [-0.2, 0) is 9.53 Å². The lowest BCUT2D eigenvalue weighted by Gasteiger charge is -2.01. The molecule has 0 N–H and O–H groups in total. The number of carbonyl (C=O) groups excluding carboxylic acids is 1. The second-order valence-electron chi connectivity index (χ2n) is 6.11. The van der Waals surface area contributed by atoms with Crippen molar-refractivity contribution in [2.24, 2.45) is 0 Å². The highest BCUT2D eigenvalue weighted by Gasteiger charge is 2.19. The highest BCUT2D eigenvalue weighted by molar-refractivity contribution is 5.93. The molecule has 0 amide bonds. The topological polar surface area (TPSA) is 26.3 Å². The van der Waals surface area contributed by atoms with E-state index in [0.717, 1.165) is 12.0 Å². The van der Waals surface area contributed by atoms with E-state index in [2.05, 4.69) is 13.0 Å². The SMILES string of the molecule is CCCCCCCCCCCC/C=C/C1=CC(C)OC1=O. The monoisotopic (exact) mass is 292 g/mol. The highest BCUT2D eigenvalue weighted by atomic mass is 16.5. The van der Waals surface area contributed by atoms with Crippen LogP contribution in [0.5, 0.6) is 0 Å². The van der Waals surface area contributed by atoms with Crippen LogP contribution in [0.25, 0.3) is 0 Å². The second-order valence-corrected chi connectivity index (χ2v) is 6.11. The molecule has 0 spiro atoms. The fourth-order valence-corrected chi connectivity index (χ4v) is 2.68. The van der Waals surface area contributed by atoms with Crippen molar-refractivity contribution in [1.29, 1.82) is 0 Å². The first-order valence-electron chi connectivity index (χ1n) is 8.83. The van der Waals surface area contributed by atoms with Crippen molar-refractivity contribution in [3.05, 3.63) is 23.8 Å². The largest absolute Gasteiger partial charge is 0.455 e. The van der Waals surface area contributed by atoms with Gasteiger partial charge in [-0.05, 0) is 25.8 Å². The summed E-state index contributed by atoms with van der Waals surface area (Å²) in [5, 5.41) is 0. The lowest BCUT2D eigenvalue weighted by atomic mass is 10.1. The minimum absolute atomic E-state index is 0.0607. The van der Waals surface area contributed by atoms with Crippen molar-refractivity contribution in [2.75, 3.05) is 0 Å². The molecule has 0 bridgehead atoms. The number of carbonyl (C=O) groups is 1. The van der Waals surface area contributed by atoms with Gasteiger partial charge in [-0.3, -0.25) is 0 Å². The Balaban J connectivity index is 1.89. The Morgan fingerprint density at radius 2 is 1.57 bits per heavy atom. The number of hydrogen-bond acceptors (Lipinski definition) is 2. The molecule has 1 heterocycles. The van der Waals surface area contributed by atoms with Crippen LogP contribution >= 0.6 is 0 Å². The molecule has 1 rings (SSSR count). The van der Waals surface area contributed by atoms with Crippen LogP contribution in [0.1, 0.15) is 84.5 Å². The van der Waals surface area contributed by atoms with Crippen molar-refractivity contribution < 1.29 is 9.53 Å². The van der Waals surface area contributed by atoms with Crippen molar-refractivity contribution in [3.63, 3.8) is 0 Å². The molecule has 1 unspecified atom stereocenters. The first-order chi connectivity index (χ1) is 10.2. The second kappa shape index (κ2) is 11.6. The average molecular weight is 292 g/mol. The number of ether oxygens (including phenoxy) is 1. The predicted molar refractivity (Wildman–Crippen MR) is 89.2 cm³/mol. The average Bonchev–Trinajstić information content (AvgIpc) is 2.78. The minimum atomic E-state index is -0.179. The van der Waals surface area contributed by atoms with Crippen LogP contribution in [-0.4, -0.2) is 12.1 Å². The summed E-state index contributed by atoms with van der Waals surface area (Å²) >= 11 is 0. The Kier molecular flexibility index (Phi) is 9.94. The molecule has 21 heavy (non-hydrogen) atoms. The van der Waals surface area contributed by atoms with Crippen LogP contribution < -0.4 is 0 Å². The Morgan fingerprint density at radius 1 is 1.00 bits per heavy atom. The van der Waals surface area contributed by atoms with Gasteiger partial charge in [-0.1, -0.05) is 76.9 Å². The van der Waals surface area contributed by atoms with Gasteiger partial charge in [0.2, 0.25) is 0 Å². The van der Waals surface area contributed by atoms with Gasteiger partial charge in [-0.15, -0.1) is 0 Å². The van der Waals surface area contributed by atoms with E-state index >= 15 is 0 Å². The summed E-state index contributed by atoms with van der Waals surface area (Å²) in [7, 11) is 0. The van der Waals surface area contributed by atoms with E-state index in [1.807, 2.05) is 19.1 Å². The van der Waals surface area contributed by atoms with Gasteiger partial charge in [0.25, 0.3) is 0 Å². The van der Waals surface area contributed by atoms with Crippen LogP contribution in [0.4, 0.5) is 0 Å². The van der Waals surface area contributed by atoms with Gasteiger partial charge in [0.15, 0.2) is 0 Å². The maximum absolute atomic E-state index is 11.4. The smallest absolute Gasteiger partial charge is 0.338 e. The van der Waals surface area contributed by atoms with Crippen LogP contribution in [0.3, 0.4) is 0 Å². The number of rotatable bonds is 12. The zero-order valence-corrected chi connectivity index (χ0v) is 13.9. The molecule has 0 aromatic carbocycles. The van der Waals surface area contributed by atoms with Crippen LogP contribution in [0, 0.1) is 0 Å². The molecule has 1 aliphatic heterocycles. The van der Waals surface area contributed by atoms with E-state index in [9.17, 15) is 4.79 Å². The van der Waals surface area contributed by atoms with E-state index in [0.29, 0.717) is 0 Å². The summed E-state index contributed by atoms with van der Waals surface area (Å²) in [5.74, 6) is -0.179. The third-order valence-electron chi connectivity index (χ3n) is 3.96. The lowest BCUT2D eigenvalue weighted by Crippen LogP contribution is -2.02. The van der Waals surface area contributed by atoms with Crippen LogP contribution in [0.15, 0.2) is 23.8 Å². The Labute approximate surface area is 130 Å². The van der Waals surface area contributed by atoms with Gasteiger partial charge in [-0.25, -0.2) is 4.79 Å². The lowest BCUT2D eigenvalue weighted by molar-refractivity contribution is -0.138. The maximum Gasteiger partial charge on any atom is 0.338 e. The van der Waals surface area contributed by atoms with Gasteiger partial charge >= 0.3 is 5.97 Å². The van der Waals surface area contributed by atoms with Gasteiger partial charge in [0.1, 0.15) is 6.10 Å². The predicted octanol–water partition coefficient (Wildman–Crippen LogP) is 5.73. The van der Waals surface area contributed by atoms with Crippen molar-refractivity contribution >= 4 is 5.97 Å². The quantitative estimate of drug-likeness (QED) is 0.339. The molecule has 0 aliphatic carbocycles. The molecule has 0 fully saturated rings. The highest BCUT2D eigenvalue weighted by Crippen LogP contribution is 2.15. The van der Waals surface area contributed by atoms with Crippen molar-refractivity contribution in [1.82, 2.24) is 0 Å². The van der Waals surface area contributed by atoms with Crippen LogP contribution in [0.2, 0.25) is 0 Å². The molecule has 120 valence electrons. The molecule has 1 aliphatic rings. The van der Waals surface area contributed by atoms with Gasteiger partial charge in [0.05, 0.1) is 5.57 Å². The molecule has 1 atom stereocenters. The number of allylic oxidation sites excluding steroid dienone is 1. The van der Waals surface area contributed by atoms with Crippen molar-refractivity contribution in [3.8, 4) is 0 Å². The van der Waals surface area contributed by atoms with E-state index in [4.69, 9.17) is 4.74 Å². The summed E-state index contributed by atoms with van der Waals surface area (Å²) in [4.78, 5) is 11.4. The third-order valence-corrected chi connectivity index (χ3v) is 3.96.